The molecule has 10 nitrogen and oxygen atoms in total. The predicted molar refractivity (Wildman–Crippen MR) is 134 cm³/mol. The van der Waals surface area contributed by atoms with Crippen molar-refractivity contribution < 1.29 is 18.0 Å². The molecule has 0 spiro atoms. The van der Waals surface area contributed by atoms with Gasteiger partial charge in [-0.2, -0.15) is 18.3 Å². The molecule has 2 atom stereocenters. The van der Waals surface area contributed by atoms with Crippen LogP contribution >= 0.6 is 11.6 Å². The van der Waals surface area contributed by atoms with Crippen LogP contribution in [0.15, 0.2) is 55.2 Å². The lowest BCUT2D eigenvalue weighted by Crippen LogP contribution is -2.27. The fraction of sp³-hybridized carbons (Fsp3) is 0.240. The first kappa shape index (κ1) is 24.9. The first-order valence-electron chi connectivity index (χ1n) is 11.8. The summed E-state index contributed by atoms with van der Waals surface area (Å²) in [7, 11) is 0. The zero-order chi connectivity index (χ0) is 27.5. The summed E-state index contributed by atoms with van der Waals surface area (Å²) in [6, 6.07) is 2.57. The van der Waals surface area contributed by atoms with E-state index in [1.165, 1.54) is 35.2 Å². The summed E-state index contributed by atoms with van der Waals surface area (Å²) < 4.78 is 44.0. The Morgan fingerprint density at radius 2 is 1.92 bits per heavy atom. The van der Waals surface area contributed by atoms with Gasteiger partial charge in [-0.25, -0.2) is 29.1 Å². The Morgan fingerprint density at radius 3 is 2.62 bits per heavy atom. The van der Waals surface area contributed by atoms with E-state index in [2.05, 4.69) is 35.5 Å². The number of aromatic nitrogens is 8. The van der Waals surface area contributed by atoms with Gasteiger partial charge in [-0.05, 0) is 31.5 Å². The summed E-state index contributed by atoms with van der Waals surface area (Å²) >= 11 is 6.40. The molecule has 1 aliphatic rings. The molecule has 39 heavy (non-hydrogen) atoms. The fourth-order valence-electron chi connectivity index (χ4n) is 4.96. The SMILES string of the molecule is CC(F)(F)n1ccc([C@@]2(C)C[C@H](C(=O)Nc3cnc(-c4ncccn4)c(Cl)c3)c3cnc4cc(F)nn4c32)n1. The zero-order valence-electron chi connectivity index (χ0n) is 20.5. The van der Waals surface area contributed by atoms with Crippen LogP contribution in [0.25, 0.3) is 17.2 Å². The summed E-state index contributed by atoms with van der Waals surface area (Å²) in [6.45, 7) is 2.48. The highest BCUT2D eigenvalue weighted by Crippen LogP contribution is 2.49. The maximum Gasteiger partial charge on any atom is 0.340 e. The molecule has 0 bridgehead atoms. The number of fused-ring (bicyclic) bond motifs is 3. The molecule has 1 amide bonds. The van der Waals surface area contributed by atoms with Crippen LogP contribution in [0.1, 0.15) is 43.1 Å². The van der Waals surface area contributed by atoms with E-state index in [0.29, 0.717) is 33.1 Å². The van der Waals surface area contributed by atoms with Crippen LogP contribution < -0.4 is 5.32 Å². The summed E-state index contributed by atoms with van der Waals surface area (Å²) in [5, 5.41) is 11.1. The molecule has 5 aromatic rings. The summed E-state index contributed by atoms with van der Waals surface area (Å²) in [5.41, 5.74) is 1.01. The van der Waals surface area contributed by atoms with Gasteiger partial charge in [0.2, 0.25) is 11.9 Å². The number of rotatable bonds is 5. The van der Waals surface area contributed by atoms with Crippen molar-refractivity contribution >= 4 is 28.8 Å². The van der Waals surface area contributed by atoms with Gasteiger partial charge in [-0.15, -0.1) is 5.10 Å². The number of pyridine rings is 1. The van der Waals surface area contributed by atoms with Crippen molar-refractivity contribution in [1.29, 1.82) is 0 Å². The van der Waals surface area contributed by atoms with Gasteiger partial charge < -0.3 is 5.32 Å². The number of amides is 1. The lowest BCUT2D eigenvalue weighted by Gasteiger charge is -2.24. The minimum atomic E-state index is -3.23. The Labute approximate surface area is 223 Å². The normalized spacial score (nSPS) is 18.9. The van der Waals surface area contributed by atoms with E-state index >= 15 is 0 Å². The van der Waals surface area contributed by atoms with E-state index < -0.39 is 29.2 Å². The highest BCUT2D eigenvalue weighted by molar-refractivity contribution is 6.33. The van der Waals surface area contributed by atoms with E-state index in [1.807, 2.05) is 0 Å². The highest BCUT2D eigenvalue weighted by Gasteiger charge is 2.49. The van der Waals surface area contributed by atoms with Crippen molar-refractivity contribution in [2.24, 2.45) is 0 Å². The Balaban J connectivity index is 1.38. The van der Waals surface area contributed by atoms with E-state index in [0.717, 1.165) is 13.0 Å². The van der Waals surface area contributed by atoms with Crippen molar-refractivity contribution in [2.45, 2.75) is 37.6 Å². The molecule has 0 saturated heterocycles. The van der Waals surface area contributed by atoms with Gasteiger partial charge in [0, 0.05) is 43.3 Å². The standard InChI is InChI=1S/C25H19ClF3N9O/c1-24(17-4-7-37(35-17)25(2,28)29)10-14(15-12-32-19-9-18(27)36-38(19)21(15)24)23(39)34-13-8-16(26)20(33-11-13)22-30-5-3-6-31-22/h3-9,11-12,14H,10H2,1-2H3,(H,34,39)/t14-,24+/m0/s1. The third kappa shape index (κ3) is 4.18. The van der Waals surface area contributed by atoms with Crippen molar-refractivity contribution in [1.82, 2.24) is 39.3 Å². The molecule has 0 saturated carbocycles. The molecule has 0 aliphatic heterocycles. The van der Waals surface area contributed by atoms with Gasteiger partial charge in [0.05, 0.1) is 39.6 Å². The van der Waals surface area contributed by atoms with Crippen molar-refractivity contribution in [3.63, 3.8) is 0 Å². The largest absolute Gasteiger partial charge is 0.340 e. The van der Waals surface area contributed by atoms with E-state index in [-0.39, 0.29) is 22.8 Å². The van der Waals surface area contributed by atoms with Gasteiger partial charge in [-0.3, -0.25) is 4.79 Å². The minimum absolute atomic E-state index is 0.139. The van der Waals surface area contributed by atoms with Crippen LogP contribution in [0.4, 0.5) is 18.9 Å². The molecule has 0 fully saturated rings. The number of anilines is 1. The van der Waals surface area contributed by atoms with Gasteiger partial charge in [-0.1, -0.05) is 11.6 Å². The summed E-state index contributed by atoms with van der Waals surface area (Å²) in [5.74, 6) is -1.65. The summed E-state index contributed by atoms with van der Waals surface area (Å²) in [6.07, 6.45) is 7.34. The molecule has 0 radical (unpaired) electrons. The van der Waals surface area contributed by atoms with Gasteiger partial charge in [0.1, 0.15) is 5.69 Å². The van der Waals surface area contributed by atoms with Crippen LogP contribution in [-0.2, 0) is 16.3 Å². The second-order valence-corrected chi connectivity index (χ2v) is 9.90. The smallest absolute Gasteiger partial charge is 0.324 e. The van der Waals surface area contributed by atoms with Crippen LogP contribution in [0.2, 0.25) is 5.02 Å². The third-order valence-corrected chi connectivity index (χ3v) is 7.04. The van der Waals surface area contributed by atoms with Crippen LogP contribution in [0, 0.1) is 5.95 Å². The molecule has 14 heteroatoms. The highest BCUT2D eigenvalue weighted by atomic mass is 35.5. The topological polar surface area (TPSA) is 116 Å². The fourth-order valence-corrected chi connectivity index (χ4v) is 5.21. The van der Waals surface area contributed by atoms with Gasteiger partial charge >= 0.3 is 6.05 Å². The average Bonchev–Trinajstić information content (AvgIpc) is 3.60. The second kappa shape index (κ2) is 8.83. The molecular formula is C25H19ClF3N9O. The monoisotopic (exact) mass is 553 g/mol. The van der Waals surface area contributed by atoms with Crippen molar-refractivity contribution in [2.75, 3.05) is 5.32 Å². The number of carbonyl (C=O) groups excluding carboxylic acids is 1. The molecule has 198 valence electrons. The lowest BCUT2D eigenvalue weighted by atomic mass is 9.82. The minimum Gasteiger partial charge on any atom is -0.324 e. The number of halogens is 4. The molecular weight excluding hydrogens is 535 g/mol. The van der Waals surface area contributed by atoms with E-state index in [4.69, 9.17) is 11.6 Å². The molecule has 1 aliphatic carbocycles. The lowest BCUT2D eigenvalue weighted by molar-refractivity contribution is -0.117. The average molecular weight is 554 g/mol. The Kier molecular flexibility index (Phi) is 5.64. The van der Waals surface area contributed by atoms with Crippen LogP contribution in [-0.4, -0.2) is 45.2 Å². The van der Waals surface area contributed by atoms with Crippen molar-refractivity contribution in [3.8, 4) is 11.5 Å². The molecule has 5 heterocycles. The molecule has 6 rings (SSSR count). The van der Waals surface area contributed by atoms with Gasteiger partial charge in [0.15, 0.2) is 11.5 Å². The molecule has 5 aromatic heterocycles. The number of hydrogen-bond acceptors (Lipinski definition) is 7. The Hall–Kier alpha value is -4.39. The van der Waals surface area contributed by atoms with Crippen LogP contribution in [0.3, 0.4) is 0 Å². The Bertz CT molecular complexity index is 1730. The van der Waals surface area contributed by atoms with E-state index in [9.17, 15) is 18.0 Å². The van der Waals surface area contributed by atoms with E-state index in [1.54, 1.807) is 25.4 Å². The predicted octanol–water partition coefficient (Wildman–Crippen LogP) is 4.57. The molecule has 0 aromatic carbocycles. The number of nitrogens with one attached hydrogen (secondary N) is 1. The zero-order valence-corrected chi connectivity index (χ0v) is 21.2. The Morgan fingerprint density at radius 1 is 1.15 bits per heavy atom. The first-order chi connectivity index (χ1) is 18.5. The number of hydrogen-bond donors (Lipinski definition) is 1. The maximum atomic E-state index is 14.1. The number of carbonyl (C=O) groups is 1. The second-order valence-electron chi connectivity index (χ2n) is 9.49. The van der Waals surface area contributed by atoms with Crippen LogP contribution in [0.5, 0.6) is 0 Å². The first-order valence-corrected chi connectivity index (χ1v) is 12.2. The number of nitrogens with zero attached hydrogens (tertiary/aromatic N) is 8. The quantitative estimate of drug-likeness (QED) is 0.339. The summed E-state index contributed by atoms with van der Waals surface area (Å²) in [4.78, 5) is 30.4. The van der Waals surface area contributed by atoms with Crippen molar-refractivity contribution in [3.05, 3.63) is 83.2 Å². The van der Waals surface area contributed by atoms with Gasteiger partial charge in [0.25, 0.3) is 0 Å². The molecule has 0 unspecified atom stereocenters. The molecule has 1 N–H and O–H groups in total. The third-order valence-electron chi connectivity index (χ3n) is 6.75. The maximum absolute atomic E-state index is 14.1. The number of alkyl halides is 2.